The van der Waals surface area contributed by atoms with Gasteiger partial charge in [-0.25, -0.2) is 0 Å². The Morgan fingerprint density at radius 2 is 2.14 bits per heavy atom. The van der Waals surface area contributed by atoms with Crippen LogP contribution >= 0.6 is 11.6 Å². The number of carbonyl (C=O) groups excluding carboxylic acids is 2. The molecule has 1 aromatic heterocycles. The van der Waals surface area contributed by atoms with Gasteiger partial charge in [0.2, 0.25) is 0 Å². The zero-order chi connectivity index (χ0) is 21.0. The minimum atomic E-state index is -1.13. The highest BCUT2D eigenvalue weighted by Gasteiger charge is 2.24. The van der Waals surface area contributed by atoms with Crippen molar-refractivity contribution in [2.45, 2.75) is 33.4 Å². The molecule has 0 radical (unpaired) electrons. The van der Waals surface area contributed by atoms with E-state index in [1.54, 1.807) is 0 Å². The van der Waals surface area contributed by atoms with E-state index >= 15 is 0 Å². The molecule has 0 spiro atoms. The second kappa shape index (κ2) is 8.49. The summed E-state index contributed by atoms with van der Waals surface area (Å²) < 4.78 is 6.21. The van der Waals surface area contributed by atoms with E-state index in [0.717, 1.165) is 4.68 Å². The van der Waals surface area contributed by atoms with Gasteiger partial charge in [-0.3, -0.25) is 24.4 Å². The van der Waals surface area contributed by atoms with E-state index in [1.165, 1.54) is 39.0 Å². The van der Waals surface area contributed by atoms with Gasteiger partial charge >= 0.3 is 11.7 Å². The fourth-order valence-corrected chi connectivity index (χ4v) is 2.67. The Hall–Kier alpha value is -3.45. The summed E-state index contributed by atoms with van der Waals surface area (Å²) in [6, 6.07) is 6.25. The summed E-state index contributed by atoms with van der Waals surface area (Å²) in [6.07, 6.45) is -1.13. The number of nitrogens with one attached hydrogen (secondary N) is 1. The molecule has 0 aliphatic rings. The minimum Gasteiger partial charge on any atom is -0.451 e. The van der Waals surface area contributed by atoms with Crippen LogP contribution in [0.4, 0.5) is 11.4 Å². The summed E-state index contributed by atoms with van der Waals surface area (Å²) in [5.74, 6) is -1.38. The second-order valence-corrected chi connectivity index (χ2v) is 6.27. The van der Waals surface area contributed by atoms with E-state index in [2.05, 4.69) is 10.4 Å². The van der Waals surface area contributed by atoms with Gasteiger partial charge in [0.15, 0.2) is 6.10 Å². The molecular weight excluding hydrogens is 390 g/mol. The Kier molecular flexibility index (Phi) is 6.33. The summed E-state index contributed by atoms with van der Waals surface area (Å²) in [5, 5.41) is 26.5. The molecule has 0 bridgehead atoms. The molecule has 2 rings (SSSR count). The smallest absolute Gasteiger partial charge is 0.328 e. The maximum absolute atomic E-state index is 12.2. The summed E-state index contributed by atoms with van der Waals surface area (Å²) in [5.41, 5.74) is 0.822. The molecule has 1 aromatic carbocycles. The van der Waals surface area contributed by atoms with Crippen molar-refractivity contribution in [1.29, 1.82) is 5.26 Å². The van der Waals surface area contributed by atoms with E-state index < -0.39 is 22.9 Å². The molecule has 2 aromatic rings. The van der Waals surface area contributed by atoms with Crippen LogP contribution in [0.2, 0.25) is 5.02 Å². The molecule has 1 N–H and O–H groups in total. The highest BCUT2D eigenvalue weighted by molar-refractivity contribution is 6.32. The lowest BCUT2D eigenvalue weighted by Crippen LogP contribution is -2.31. The number of carbonyl (C=O) groups is 2. The average molecular weight is 406 g/mol. The quantitative estimate of drug-likeness (QED) is 0.442. The van der Waals surface area contributed by atoms with Gasteiger partial charge in [0.25, 0.3) is 5.91 Å². The van der Waals surface area contributed by atoms with Crippen LogP contribution in [0.1, 0.15) is 23.9 Å². The third-order valence-electron chi connectivity index (χ3n) is 3.84. The molecule has 1 atom stereocenters. The lowest BCUT2D eigenvalue weighted by Gasteiger charge is -2.14. The highest BCUT2D eigenvalue weighted by atomic mass is 35.5. The fraction of sp³-hybridized carbons (Fsp3) is 0.294. The first-order valence-corrected chi connectivity index (χ1v) is 8.40. The van der Waals surface area contributed by atoms with Crippen molar-refractivity contribution >= 4 is 34.9 Å². The molecule has 0 unspecified atom stereocenters. The van der Waals surface area contributed by atoms with E-state index in [0.29, 0.717) is 5.69 Å². The number of aromatic nitrogens is 2. The second-order valence-electron chi connectivity index (χ2n) is 5.86. The maximum atomic E-state index is 12.2. The number of esters is 1. The first kappa shape index (κ1) is 20.9. The molecule has 0 fully saturated rings. The maximum Gasteiger partial charge on any atom is 0.328 e. The van der Waals surface area contributed by atoms with Gasteiger partial charge in [-0.05, 0) is 39.0 Å². The van der Waals surface area contributed by atoms with E-state index in [4.69, 9.17) is 21.6 Å². The molecule has 0 aliphatic carbocycles. The van der Waals surface area contributed by atoms with Gasteiger partial charge in [-0.1, -0.05) is 11.6 Å². The Bertz CT molecular complexity index is 995. The molecule has 146 valence electrons. The summed E-state index contributed by atoms with van der Waals surface area (Å²) in [4.78, 5) is 34.7. The lowest BCUT2D eigenvalue weighted by atomic mass is 10.2. The van der Waals surface area contributed by atoms with Crippen molar-refractivity contribution in [3.8, 4) is 6.07 Å². The predicted octanol–water partition coefficient (Wildman–Crippen LogP) is 2.50. The molecule has 11 heteroatoms. The number of benzene rings is 1. The van der Waals surface area contributed by atoms with Crippen molar-refractivity contribution in [2.75, 3.05) is 5.32 Å². The number of ether oxygens (including phenoxy) is 1. The summed E-state index contributed by atoms with van der Waals surface area (Å²) >= 11 is 5.90. The highest BCUT2D eigenvalue weighted by Crippen LogP contribution is 2.22. The SMILES string of the molecule is Cc1nn(CC(=O)O[C@@H](C)C(=O)Nc2ccc(C#N)c(Cl)c2)c(C)c1[N+](=O)[O-]. The number of aryl methyl sites for hydroxylation is 1. The topological polar surface area (TPSA) is 140 Å². The van der Waals surface area contributed by atoms with E-state index in [9.17, 15) is 19.7 Å². The van der Waals surface area contributed by atoms with Crippen LogP contribution in [-0.2, 0) is 20.9 Å². The molecular formula is C17H16ClN5O5. The van der Waals surface area contributed by atoms with E-state index in [-0.39, 0.29) is 34.2 Å². The number of halogens is 1. The fourth-order valence-electron chi connectivity index (χ4n) is 2.44. The van der Waals surface area contributed by atoms with Gasteiger partial charge in [0.05, 0.1) is 15.5 Å². The predicted molar refractivity (Wildman–Crippen MR) is 98.7 cm³/mol. The number of amides is 1. The van der Waals surface area contributed by atoms with Crippen LogP contribution in [-0.4, -0.2) is 32.7 Å². The number of hydrogen-bond acceptors (Lipinski definition) is 7. The van der Waals surface area contributed by atoms with Gasteiger partial charge in [-0.15, -0.1) is 0 Å². The molecule has 0 aliphatic heterocycles. The average Bonchev–Trinajstić information content (AvgIpc) is 2.88. The van der Waals surface area contributed by atoms with Crippen LogP contribution in [0.5, 0.6) is 0 Å². The molecule has 10 nitrogen and oxygen atoms in total. The molecule has 1 amide bonds. The zero-order valence-corrected chi connectivity index (χ0v) is 16.0. The van der Waals surface area contributed by atoms with Crippen LogP contribution in [0, 0.1) is 35.3 Å². The number of nitro groups is 1. The third-order valence-corrected chi connectivity index (χ3v) is 4.15. The van der Waals surface area contributed by atoms with Gasteiger partial charge in [0, 0.05) is 5.69 Å². The number of anilines is 1. The number of hydrogen-bond donors (Lipinski definition) is 1. The molecule has 0 saturated carbocycles. The summed E-state index contributed by atoms with van der Waals surface area (Å²) in [7, 11) is 0. The van der Waals surface area contributed by atoms with Crippen LogP contribution in [0.3, 0.4) is 0 Å². The zero-order valence-electron chi connectivity index (χ0n) is 15.2. The van der Waals surface area contributed by atoms with Crippen molar-refractivity contribution < 1.29 is 19.2 Å². The minimum absolute atomic E-state index is 0.170. The van der Waals surface area contributed by atoms with Crippen molar-refractivity contribution in [1.82, 2.24) is 9.78 Å². The standard InChI is InChI=1S/C17H16ClN5O5/c1-9-16(23(26)27)10(2)22(21-9)8-15(24)28-11(3)17(25)20-13-5-4-12(7-19)14(18)6-13/h4-6,11H,8H2,1-3H3,(H,20,25)/t11-/m0/s1. The largest absolute Gasteiger partial charge is 0.451 e. The third kappa shape index (κ3) is 4.63. The normalized spacial score (nSPS) is 11.4. The van der Waals surface area contributed by atoms with Crippen LogP contribution in [0.25, 0.3) is 0 Å². The molecule has 28 heavy (non-hydrogen) atoms. The lowest BCUT2D eigenvalue weighted by molar-refractivity contribution is -0.386. The number of nitriles is 1. The monoisotopic (exact) mass is 405 g/mol. The first-order valence-electron chi connectivity index (χ1n) is 8.02. The van der Waals surface area contributed by atoms with E-state index in [1.807, 2.05) is 6.07 Å². The van der Waals surface area contributed by atoms with Gasteiger partial charge < -0.3 is 10.1 Å². The van der Waals surface area contributed by atoms with Crippen molar-refractivity contribution in [3.05, 3.63) is 50.3 Å². The van der Waals surface area contributed by atoms with Crippen molar-refractivity contribution in [3.63, 3.8) is 0 Å². The number of nitrogens with zero attached hydrogens (tertiary/aromatic N) is 4. The Balaban J connectivity index is 1.99. The van der Waals surface area contributed by atoms with Crippen LogP contribution in [0.15, 0.2) is 18.2 Å². The first-order chi connectivity index (χ1) is 13.1. The Morgan fingerprint density at radius 1 is 1.46 bits per heavy atom. The van der Waals surface area contributed by atoms with Crippen molar-refractivity contribution in [2.24, 2.45) is 0 Å². The Labute approximate surface area is 164 Å². The molecule has 0 saturated heterocycles. The molecule has 1 heterocycles. The van der Waals surface area contributed by atoms with Crippen LogP contribution < -0.4 is 5.32 Å². The van der Waals surface area contributed by atoms with Gasteiger partial charge in [-0.2, -0.15) is 10.4 Å². The Morgan fingerprint density at radius 3 is 2.68 bits per heavy atom. The van der Waals surface area contributed by atoms with Gasteiger partial charge in [0.1, 0.15) is 24.0 Å². The summed E-state index contributed by atoms with van der Waals surface area (Å²) in [6.45, 7) is 3.94. The number of rotatable bonds is 6.